The van der Waals surface area contributed by atoms with Crippen molar-refractivity contribution in [2.45, 2.75) is 0 Å². The van der Waals surface area contributed by atoms with Gasteiger partial charge < -0.3 is 4.57 Å². The molecule has 1 heterocycles. The van der Waals surface area contributed by atoms with Crippen LogP contribution in [-0.4, -0.2) is 9.55 Å². The van der Waals surface area contributed by atoms with Crippen molar-refractivity contribution in [3.05, 3.63) is 114 Å². The molecule has 2 nitrogen and oxygen atoms in total. The molecule has 0 atom stereocenters. The normalized spacial score (nSPS) is 11.5. The van der Waals surface area contributed by atoms with Gasteiger partial charge in [0.05, 0.1) is 6.33 Å². The van der Waals surface area contributed by atoms with Gasteiger partial charge in [-0.2, -0.15) is 0 Å². The van der Waals surface area contributed by atoms with Crippen molar-refractivity contribution in [1.82, 2.24) is 9.55 Å². The summed E-state index contributed by atoms with van der Waals surface area (Å²) in [5.41, 5.74) is 5.54. The second-order valence-electron chi connectivity index (χ2n) is 5.98. The summed E-state index contributed by atoms with van der Waals surface area (Å²) in [6, 6.07) is 26.8. The SMILES string of the molecule is Clc1ccccc1/C(=C\n1ccnc1)c1ccc(-c2ccccc2)cc1. The highest BCUT2D eigenvalue weighted by molar-refractivity contribution is 6.32. The first-order valence-corrected chi connectivity index (χ1v) is 8.79. The third kappa shape index (κ3) is 3.46. The van der Waals surface area contributed by atoms with Gasteiger partial charge in [-0.05, 0) is 22.8 Å². The summed E-state index contributed by atoms with van der Waals surface area (Å²) in [6.45, 7) is 0. The number of rotatable bonds is 4. The van der Waals surface area contributed by atoms with Gasteiger partial charge in [-0.3, -0.25) is 0 Å². The van der Waals surface area contributed by atoms with Crippen molar-refractivity contribution < 1.29 is 0 Å². The van der Waals surface area contributed by atoms with E-state index in [1.807, 2.05) is 47.3 Å². The molecule has 126 valence electrons. The minimum atomic E-state index is 0.728. The second-order valence-corrected chi connectivity index (χ2v) is 6.38. The molecule has 0 saturated carbocycles. The van der Waals surface area contributed by atoms with E-state index in [1.54, 1.807) is 12.5 Å². The first-order valence-electron chi connectivity index (χ1n) is 8.41. The maximum absolute atomic E-state index is 6.47. The first kappa shape index (κ1) is 16.4. The third-order valence-corrected chi connectivity index (χ3v) is 4.60. The summed E-state index contributed by atoms with van der Waals surface area (Å²) in [6.07, 6.45) is 7.50. The minimum Gasteiger partial charge on any atom is -0.312 e. The highest BCUT2D eigenvalue weighted by atomic mass is 35.5. The van der Waals surface area contributed by atoms with Gasteiger partial charge in [0.25, 0.3) is 0 Å². The Balaban J connectivity index is 1.79. The van der Waals surface area contributed by atoms with Gasteiger partial charge in [-0.25, -0.2) is 4.98 Å². The van der Waals surface area contributed by atoms with Crippen molar-refractivity contribution >= 4 is 23.4 Å². The van der Waals surface area contributed by atoms with E-state index in [2.05, 4.69) is 53.5 Å². The monoisotopic (exact) mass is 356 g/mol. The molecule has 0 fully saturated rings. The largest absolute Gasteiger partial charge is 0.312 e. The van der Waals surface area contributed by atoms with Gasteiger partial charge in [0, 0.05) is 34.8 Å². The molecule has 0 aliphatic carbocycles. The van der Waals surface area contributed by atoms with Crippen molar-refractivity contribution in [2.24, 2.45) is 0 Å². The van der Waals surface area contributed by atoms with Crippen LogP contribution in [0.2, 0.25) is 5.02 Å². The molecule has 4 rings (SSSR count). The Morgan fingerprint density at radius 3 is 2.19 bits per heavy atom. The molecule has 0 saturated heterocycles. The van der Waals surface area contributed by atoms with Crippen LogP contribution in [0.5, 0.6) is 0 Å². The zero-order valence-electron chi connectivity index (χ0n) is 14.1. The molecule has 26 heavy (non-hydrogen) atoms. The Hall–Kier alpha value is -3.10. The van der Waals surface area contributed by atoms with Crippen LogP contribution in [0.25, 0.3) is 22.9 Å². The first-order chi connectivity index (χ1) is 12.8. The maximum Gasteiger partial charge on any atom is 0.0986 e. The van der Waals surface area contributed by atoms with E-state index < -0.39 is 0 Å². The summed E-state index contributed by atoms with van der Waals surface area (Å²) < 4.78 is 1.93. The number of hydrogen-bond acceptors (Lipinski definition) is 1. The van der Waals surface area contributed by atoms with Gasteiger partial charge in [-0.15, -0.1) is 0 Å². The molecule has 3 aromatic carbocycles. The molecule has 0 aliphatic heterocycles. The van der Waals surface area contributed by atoms with Gasteiger partial charge >= 0.3 is 0 Å². The fraction of sp³-hybridized carbons (Fsp3) is 0. The second kappa shape index (κ2) is 7.42. The molecule has 0 amide bonds. The maximum atomic E-state index is 6.47. The predicted molar refractivity (Wildman–Crippen MR) is 109 cm³/mol. The fourth-order valence-corrected chi connectivity index (χ4v) is 3.18. The lowest BCUT2D eigenvalue weighted by Crippen LogP contribution is -1.93. The number of benzene rings is 3. The molecule has 0 spiro atoms. The zero-order chi connectivity index (χ0) is 17.8. The van der Waals surface area contributed by atoms with Crippen LogP contribution in [0.3, 0.4) is 0 Å². The highest BCUT2D eigenvalue weighted by Gasteiger charge is 2.10. The molecule has 4 aromatic rings. The smallest absolute Gasteiger partial charge is 0.0986 e. The van der Waals surface area contributed by atoms with E-state index in [1.165, 1.54) is 11.1 Å². The lowest BCUT2D eigenvalue weighted by Gasteiger charge is -2.12. The summed E-state index contributed by atoms with van der Waals surface area (Å²) in [7, 11) is 0. The molecule has 3 heteroatoms. The average Bonchev–Trinajstić information content (AvgIpc) is 3.21. The Labute approximate surface area is 158 Å². The Bertz CT molecular complexity index is 1020. The van der Waals surface area contributed by atoms with E-state index in [0.29, 0.717) is 0 Å². The number of hydrogen-bond donors (Lipinski definition) is 0. The Morgan fingerprint density at radius 1 is 0.808 bits per heavy atom. The molecule has 0 bridgehead atoms. The molecule has 1 aromatic heterocycles. The summed E-state index contributed by atoms with van der Waals surface area (Å²) in [4.78, 5) is 4.12. The summed E-state index contributed by atoms with van der Waals surface area (Å²) in [5.74, 6) is 0. The van der Waals surface area contributed by atoms with E-state index >= 15 is 0 Å². The fourth-order valence-electron chi connectivity index (χ4n) is 2.95. The van der Waals surface area contributed by atoms with Crippen LogP contribution >= 0.6 is 11.6 Å². The van der Waals surface area contributed by atoms with Gasteiger partial charge in [0.15, 0.2) is 0 Å². The topological polar surface area (TPSA) is 17.8 Å². The van der Waals surface area contributed by atoms with Crippen LogP contribution in [0, 0.1) is 0 Å². The number of nitrogens with zero attached hydrogens (tertiary/aromatic N) is 2. The number of imidazole rings is 1. The number of halogens is 1. The zero-order valence-corrected chi connectivity index (χ0v) is 14.8. The van der Waals surface area contributed by atoms with Gasteiger partial charge in [0.2, 0.25) is 0 Å². The van der Waals surface area contributed by atoms with E-state index in [0.717, 1.165) is 21.7 Å². The summed E-state index contributed by atoms with van der Waals surface area (Å²) in [5, 5.41) is 0.728. The van der Waals surface area contributed by atoms with Crippen LogP contribution in [-0.2, 0) is 0 Å². The molecule has 0 N–H and O–H groups in total. The van der Waals surface area contributed by atoms with Crippen molar-refractivity contribution in [3.8, 4) is 11.1 Å². The lowest BCUT2D eigenvalue weighted by atomic mass is 9.96. The minimum absolute atomic E-state index is 0.728. The van der Waals surface area contributed by atoms with E-state index in [9.17, 15) is 0 Å². The van der Waals surface area contributed by atoms with Crippen molar-refractivity contribution in [2.75, 3.05) is 0 Å². The Kier molecular flexibility index (Phi) is 4.67. The van der Waals surface area contributed by atoms with E-state index in [-0.39, 0.29) is 0 Å². The predicted octanol–water partition coefficient (Wildman–Crippen LogP) is 6.25. The van der Waals surface area contributed by atoms with E-state index in [4.69, 9.17) is 11.6 Å². The molecule has 0 unspecified atom stereocenters. The third-order valence-electron chi connectivity index (χ3n) is 4.27. The molecular weight excluding hydrogens is 340 g/mol. The standard InChI is InChI=1S/C23H17ClN2/c24-23-9-5-4-8-21(23)22(16-26-15-14-25-17-26)20-12-10-19(11-13-20)18-6-2-1-3-7-18/h1-17H/b22-16-. The molecular formula is C23H17ClN2. The van der Waals surface area contributed by atoms with Crippen LogP contribution < -0.4 is 0 Å². The van der Waals surface area contributed by atoms with Gasteiger partial charge in [-0.1, -0.05) is 84.4 Å². The number of aromatic nitrogens is 2. The van der Waals surface area contributed by atoms with Crippen LogP contribution in [0.4, 0.5) is 0 Å². The molecule has 0 radical (unpaired) electrons. The lowest BCUT2D eigenvalue weighted by molar-refractivity contribution is 1.14. The summed E-state index contributed by atoms with van der Waals surface area (Å²) >= 11 is 6.47. The average molecular weight is 357 g/mol. The quantitative estimate of drug-likeness (QED) is 0.422. The van der Waals surface area contributed by atoms with Crippen molar-refractivity contribution in [1.29, 1.82) is 0 Å². The molecule has 0 aliphatic rings. The van der Waals surface area contributed by atoms with Crippen LogP contribution in [0.1, 0.15) is 11.1 Å². The van der Waals surface area contributed by atoms with Crippen LogP contribution in [0.15, 0.2) is 97.6 Å². The van der Waals surface area contributed by atoms with Crippen molar-refractivity contribution in [3.63, 3.8) is 0 Å². The van der Waals surface area contributed by atoms with Gasteiger partial charge in [0.1, 0.15) is 0 Å². The Morgan fingerprint density at radius 2 is 1.50 bits per heavy atom. The highest BCUT2D eigenvalue weighted by Crippen LogP contribution is 2.31.